The topological polar surface area (TPSA) is 29.1 Å². The highest BCUT2D eigenvalue weighted by Gasteiger charge is 2.12. The van der Waals surface area contributed by atoms with Crippen molar-refractivity contribution >= 4 is 27.5 Å². The van der Waals surface area contributed by atoms with Gasteiger partial charge >= 0.3 is 0 Å². The van der Waals surface area contributed by atoms with Crippen molar-refractivity contribution in [2.75, 3.05) is 5.32 Å². The number of halogens is 1. The van der Waals surface area contributed by atoms with Gasteiger partial charge in [0.25, 0.3) is 5.91 Å². The van der Waals surface area contributed by atoms with E-state index in [4.69, 9.17) is 0 Å². The van der Waals surface area contributed by atoms with Crippen molar-refractivity contribution in [2.45, 2.75) is 26.2 Å². The lowest BCUT2D eigenvalue weighted by Crippen LogP contribution is -2.15. The van der Waals surface area contributed by atoms with Crippen LogP contribution in [0.1, 0.15) is 34.0 Å². The smallest absolute Gasteiger partial charge is 0.255 e. The Morgan fingerprint density at radius 2 is 1.62 bits per heavy atom. The van der Waals surface area contributed by atoms with Gasteiger partial charge in [0.05, 0.1) is 5.69 Å². The van der Waals surface area contributed by atoms with Crippen molar-refractivity contribution in [3.8, 4) is 0 Å². The number of aryl methyl sites for hydroxylation is 3. The predicted molar refractivity (Wildman–Crippen MR) is 112 cm³/mol. The zero-order valence-corrected chi connectivity index (χ0v) is 16.4. The third kappa shape index (κ3) is 4.61. The number of hydrogen-bond acceptors (Lipinski definition) is 1. The average molecular weight is 408 g/mol. The molecule has 3 heteroatoms. The average Bonchev–Trinajstić information content (AvgIpc) is 2.69. The molecule has 3 aromatic carbocycles. The molecule has 0 aliphatic heterocycles. The summed E-state index contributed by atoms with van der Waals surface area (Å²) in [7, 11) is 0. The van der Waals surface area contributed by atoms with Gasteiger partial charge in [0, 0.05) is 10.0 Å². The van der Waals surface area contributed by atoms with E-state index in [2.05, 4.69) is 46.4 Å². The molecule has 0 fully saturated rings. The van der Waals surface area contributed by atoms with E-state index in [1.807, 2.05) is 54.6 Å². The molecule has 1 amide bonds. The van der Waals surface area contributed by atoms with Crippen molar-refractivity contribution in [3.63, 3.8) is 0 Å². The minimum absolute atomic E-state index is 0.0707. The molecule has 0 aliphatic rings. The fourth-order valence-electron chi connectivity index (χ4n) is 2.95. The zero-order valence-electron chi connectivity index (χ0n) is 14.8. The maximum absolute atomic E-state index is 12.8. The fraction of sp³-hybridized carbons (Fsp3) is 0.174. The Hall–Kier alpha value is -2.39. The molecule has 0 heterocycles. The second-order valence-electron chi connectivity index (χ2n) is 6.26. The maximum atomic E-state index is 12.8. The lowest BCUT2D eigenvalue weighted by Gasteiger charge is -2.12. The van der Waals surface area contributed by atoms with Gasteiger partial charge in [0.1, 0.15) is 0 Å². The van der Waals surface area contributed by atoms with Crippen LogP contribution in [0.5, 0.6) is 0 Å². The van der Waals surface area contributed by atoms with Crippen LogP contribution < -0.4 is 5.32 Å². The summed E-state index contributed by atoms with van der Waals surface area (Å²) < 4.78 is 0.909. The molecule has 0 spiro atoms. The number of carbonyl (C=O) groups excluding carboxylic acids is 1. The molecule has 0 saturated heterocycles. The van der Waals surface area contributed by atoms with E-state index in [-0.39, 0.29) is 5.91 Å². The summed E-state index contributed by atoms with van der Waals surface area (Å²) in [6.07, 6.45) is 2.72. The van der Waals surface area contributed by atoms with Crippen LogP contribution in [0.15, 0.2) is 77.3 Å². The Kier molecular flexibility index (Phi) is 6.24. The first kappa shape index (κ1) is 18.4. The van der Waals surface area contributed by atoms with Gasteiger partial charge in [-0.2, -0.15) is 0 Å². The largest absolute Gasteiger partial charge is 0.321 e. The van der Waals surface area contributed by atoms with Gasteiger partial charge in [0.2, 0.25) is 0 Å². The first-order valence-electron chi connectivity index (χ1n) is 8.89. The van der Waals surface area contributed by atoms with Gasteiger partial charge < -0.3 is 5.32 Å². The summed E-state index contributed by atoms with van der Waals surface area (Å²) in [5, 5.41) is 3.03. The van der Waals surface area contributed by atoms with E-state index in [0.29, 0.717) is 0 Å². The molecule has 3 rings (SSSR count). The number of rotatable bonds is 6. The first-order valence-corrected chi connectivity index (χ1v) is 9.68. The Morgan fingerprint density at radius 1 is 0.885 bits per heavy atom. The van der Waals surface area contributed by atoms with E-state index in [1.54, 1.807) is 0 Å². The van der Waals surface area contributed by atoms with E-state index in [9.17, 15) is 4.79 Å². The highest BCUT2D eigenvalue weighted by Crippen LogP contribution is 2.25. The fourth-order valence-corrected chi connectivity index (χ4v) is 3.48. The second-order valence-corrected chi connectivity index (χ2v) is 7.12. The van der Waals surface area contributed by atoms with Crippen LogP contribution in [-0.2, 0) is 19.3 Å². The quantitative estimate of drug-likeness (QED) is 0.529. The minimum Gasteiger partial charge on any atom is -0.321 e. The maximum Gasteiger partial charge on any atom is 0.255 e. The lowest BCUT2D eigenvalue weighted by atomic mass is 9.99. The van der Waals surface area contributed by atoms with Crippen LogP contribution >= 0.6 is 15.9 Å². The molecular weight excluding hydrogens is 386 g/mol. The van der Waals surface area contributed by atoms with Crippen molar-refractivity contribution in [3.05, 3.63) is 99.5 Å². The Labute approximate surface area is 163 Å². The number of amides is 1. The standard InChI is InChI=1S/C23H22BrNO/c1-2-17-13-15-22(21(24)16-17)25-23(26)20-11-7-6-10-19(20)14-12-18-8-4-3-5-9-18/h3-11,13,15-16H,2,12,14H2,1H3,(H,25,26). The van der Waals surface area contributed by atoms with Crippen molar-refractivity contribution < 1.29 is 4.79 Å². The Morgan fingerprint density at radius 3 is 2.35 bits per heavy atom. The number of carbonyl (C=O) groups is 1. The van der Waals surface area contributed by atoms with Gasteiger partial charge in [-0.05, 0) is 70.1 Å². The molecule has 0 saturated carbocycles. The summed E-state index contributed by atoms with van der Waals surface area (Å²) in [4.78, 5) is 12.8. The summed E-state index contributed by atoms with van der Waals surface area (Å²) >= 11 is 3.55. The van der Waals surface area contributed by atoms with E-state index in [0.717, 1.165) is 40.5 Å². The van der Waals surface area contributed by atoms with Crippen molar-refractivity contribution in [1.82, 2.24) is 0 Å². The Bertz CT molecular complexity index is 890. The molecule has 0 atom stereocenters. The van der Waals surface area contributed by atoms with E-state index in [1.165, 1.54) is 11.1 Å². The van der Waals surface area contributed by atoms with Gasteiger partial charge in [-0.1, -0.05) is 61.5 Å². The lowest BCUT2D eigenvalue weighted by molar-refractivity contribution is 0.102. The zero-order chi connectivity index (χ0) is 18.4. The number of hydrogen-bond donors (Lipinski definition) is 1. The molecular formula is C23H22BrNO. The summed E-state index contributed by atoms with van der Waals surface area (Å²) in [6, 6.07) is 24.2. The SMILES string of the molecule is CCc1ccc(NC(=O)c2ccccc2CCc2ccccc2)c(Br)c1. The van der Waals surface area contributed by atoms with Gasteiger partial charge in [-0.3, -0.25) is 4.79 Å². The van der Waals surface area contributed by atoms with Gasteiger partial charge in [-0.15, -0.1) is 0 Å². The summed E-state index contributed by atoms with van der Waals surface area (Å²) in [5.74, 6) is -0.0707. The van der Waals surface area contributed by atoms with Crippen LogP contribution in [0, 0.1) is 0 Å². The highest BCUT2D eigenvalue weighted by atomic mass is 79.9. The normalized spacial score (nSPS) is 10.5. The first-order chi connectivity index (χ1) is 12.7. The highest BCUT2D eigenvalue weighted by molar-refractivity contribution is 9.10. The van der Waals surface area contributed by atoms with Crippen molar-refractivity contribution in [2.24, 2.45) is 0 Å². The summed E-state index contributed by atoms with van der Waals surface area (Å²) in [5.41, 5.74) is 5.11. The van der Waals surface area contributed by atoms with Crippen LogP contribution in [0.2, 0.25) is 0 Å². The Balaban J connectivity index is 1.75. The molecule has 132 valence electrons. The second kappa shape index (κ2) is 8.81. The van der Waals surface area contributed by atoms with Crippen LogP contribution in [0.25, 0.3) is 0 Å². The molecule has 2 nitrogen and oxygen atoms in total. The predicted octanol–water partition coefficient (Wildman–Crippen LogP) is 6.05. The molecule has 0 bridgehead atoms. The molecule has 0 radical (unpaired) electrons. The number of nitrogens with one attached hydrogen (secondary N) is 1. The molecule has 26 heavy (non-hydrogen) atoms. The number of anilines is 1. The molecule has 3 aromatic rings. The third-order valence-electron chi connectivity index (χ3n) is 4.48. The van der Waals surface area contributed by atoms with Crippen LogP contribution in [0.4, 0.5) is 5.69 Å². The molecule has 0 aromatic heterocycles. The summed E-state index contributed by atoms with van der Waals surface area (Å²) in [6.45, 7) is 2.11. The van der Waals surface area contributed by atoms with Crippen molar-refractivity contribution in [1.29, 1.82) is 0 Å². The molecule has 0 aliphatic carbocycles. The van der Waals surface area contributed by atoms with Gasteiger partial charge in [0.15, 0.2) is 0 Å². The molecule has 0 unspecified atom stereocenters. The molecule has 1 N–H and O–H groups in total. The number of benzene rings is 3. The minimum atomic E-state index is -0.0707. The van der Waals surface area contributed by atoms with E-state index >= 15 is 0 Å². The van der Waals surface area contributed by atoms with Crippen LogP contribution in [0.3, 0.4) is 0 Å². The third-order valence-corrected chi connectivity index (χ3v) is 5.13. The van der Waals surface area contributed by atoms with Gasteiger partial charge in [-0.25, -0.2) is 0 Å². The monoisotopic (exact) mass is 407 g/mol. The van der Waals surface area contributed by atoms with Crippen LogP contribution in [-0.4, -0.2) is 5.91 Å². The van der Waals surface area contributed by atoms with E-state index < -0.39 is 0 Å².